The van der Waals surface area contributed by atoms with Crippen LogP contribution in [0, 0.1) is 0 Å². The molecule has 0 saturated carbocycles. The predicted molar refractivity (Wildman–Crippen MR) is 65.0 cm³/mol. The molecule has 1 N–H and O–H groups in total. The molecule has 0 aliphatic carbocycles. The Morgan fingerprint density at radius 2 is 2.19 bits per heavy atom. The highest BCUT2D eigenvalue weighted by Gasteiger charge is 2.05. The Kier molecular flexibility index (Phi) is 5.64. The van der Waals surface area contributed by atoms with Crippen LogP contribution in [-0.2, 0) is 4.74 Å². The molecule has 1 atom stereocenters. The molecule has 0 aliphatic heterocycles. The second-order valence-corrected chi connectivity index (χ2v) is 3.48. The number of anilines is 1. The van der Waals surface area contributed by atoms with Crippen LogP contribution in [0.3, 0.4) is 0 Å². The van der Waals surface area contributed by atoms with Crippen LogP contribution in [-0.4, -0.2) is 30.8 Å². The lowest BCUT2D eigenvalue weighted by Crippen LogP contribution is -2.19. The summed E-state index contributed by atoms with van der Waals surface area (Å²) in [6.07, 6.45) is 0.0179. The van der Waals surface area contributed by atoms with Crippen LogP contribution in [0.5, 0.6) is 5.88 Å². The van der Waals surface area contributed by atoms with Gasteiger partial charge in [-0.3, -0.25) is 0 Å². The molecule has 0 aromatic carbocycles. The molecule has 1 heterocycles. The van der Waals surface area contributed by atoms with Crippen molar-refractivity contribution in [2.75, 3.05) is 25.1 Å². The zero-order valence-electron chi connectivity index (χ0n) is 10.2. The molecule has 4 nitrogen and oxygen atoms in total. The molecular formula is C12H20N2O2. The summed E-state index contributed by atoms with van der Waals surface area (Å²) in [6, 6.07) is 5.70. The number of rotatable bonds is 7. The molecule has 90 valence electrons. The number of nitrogens with one attached hydrogen (secondary N) is 1. The maximum absolute atomic E-state index is 5.63. The summed E-state index contributed by atoms with van der Waals surface area (Å²) < 4.78 is 10.9. The largest absolute Gasteiger partial charge is 0.472 e. The molecule has 1 aromatic heterocycles. The minimum atomic E-state index is 0.0179. The fourth-order valence-corrected chi connectivity index (χ4v) is 1.28. The van der Waals surface area contributed by atoms with Gasteiger partial charge < -0.3 is 14.8 Å². The first-order valence-electron chi connectivity index (χ1n) is 5.71. The summed E-state index contributed by atoms with van der Waals surface area (Å²) >= 11 is 0. The van der Waals surface area contributed by atoms with Gasteiger partial charge in [-0.25, -0.2) is 0 Å². The Hall–Kier alpha value is -1.29. The molecule has 0 amide bonds. The first-order chi connectivity index (χ1) is 7.76. The van der Waals surface area contributed by atoms with E-state index in [0.717, 1.165) is 12.4 Å². The SMILES string of the molecule is CCNc1cccc(OC(C)COCC)n1. The lowest BCUT2D eigenvalue weighted by atomic mass is 10.4. The minimum absolute atomic E-state index is 0.0179. The van der Waals surface area contributed by atoms with Gasteiger partial charge in [-0.2, -0.15) is 4.98 Å². The summed E-state index contributed by atoms with van der Waals surface area (Å²) in [5, 5.41) is 3.14. The third-order valence-electron chi connectivity index (χ3n) is 1.96. The maximum Gasteiger partial charge on any atom is 0.215 e. The maximum atomic E-state index is 5.63. The molecule has 0 radical (unpaired) electrons. The Bertz CT molecular complexity index is 305. The van der Waals surface area contributed by atoms with E-state index in [4.69, 9.17) is 9.47 Å². The van der Waals surface area contributed by atoms with Gasteiger partial charge in [0.15, 0.2) is 0 Å². The number of ether oxygens (including phenoxy) is 2. The van der Waals surface area contributed by atoms with E-state index in [1.165, 1.54) is 0 Å². The second kappa shape index (κ2) is 7.06. The molecule has 0 fully saturated rings. The summed E-state index contributed by atoms with van der Waals surface area (Å²) in [7, 11) is 0. The van der Waals surface area contributed by atoms with E-state index >= 15 is 0 Å². The summed E-state index contributed by atoms with van der Waals surface area (Å²) in [4.78, 5) is 4.32. The molecule has 0 saturated heterocycles. The van der Waals surface area contributed by atoms with Gasteiger partial charge in [-0.15, -0.1) is 0 Å². The van der Waals surface area contributed by atoms with E-state index in [1.54, 1.807) is 0 Å². The molecule has 4 heteroatoms. The fourth-order valence-electron chi connectivity index (χ4n) is 1.28. The summed E-state index contributed by atoms with van der Waals surface area (Å²) in [5.74, 6) is 1.47. The van der Waals surface area contributed by atoms with Gasteiger partial charge in [-0.05, 0) is 26.8 Å². The molecular weight excluding hydrogens is 204 g/mol. The Balaban J connectivity index is 2.49. The van der Waals surface area contributed by atoms with Crippen molar-refractivity contribution in [1.29, 1.82) is 0 Å². The number of hydrogen-bond donors (Lipinski definition) is 1. The highest BCUT2D eigenvalue weighted by atomic mass is 16.5. The van der Waals surface area contributed by atoms with Crippen LogP contribution in [0.2, 0.25) is 0 Å². The molecule has 0 bridgehead atoms. The molecule has 1 aromatic rings. The van der Waals surface area contributed by atoms with E-state index in [0.29, 0.717) is 19.1 Å². The van der Waals surface area contributed by atoms with Crippen molar-refractivity contribution in [3.63, 3.8) is 0 Å². The Morgan fingerprint density at radius 3 is 2.88 bits per heavy atom. The van der Waals surface area contributed by atoms with Gasteiger partial charge in [0.2, 0.25) is 5.88 Å². The number of aromatic nitrogens is 1. The molecule has 1 unspecified atom stereocenters. The van der Waals surface area contributed by atoms with Crippen LogP contribution in [0.25, 0.3) is 0 Å². The van der Waals surface area contributed by atoms with Gasteiger partial charge in [0.25, 0.3) is 0 Å². The summed E-state index contributed by atoms with van der Waals surface area (Å²) in [6.45, 7) is 8.12. The van der Waals surface area contributed by atoms with Crippen LogP contribution < -0.4 is 10.1 Å². The van der Waals surface area contributed by atoms with Crippen LogP contribution in [0.4, 0.5) is 5.82 Å². The quantitative estimate of drug-likeness (QED) is 0.772. The number of nitrogens with zero attached hydrogens (tertiary/aromatic N) is 1. The molecule has 16 heavy (non-hydrogen) atoms. The average Bonchev–Trinajstić information content (AvgIpc) is 2.27. The van der Waals surface area contributed by atoms with Crippen molar-refractivity contribution >= 4 is 5.82 Å². The van der Waals surface area contributed by atoms with Crippen molar-refractivity contribution in [2.24, 2.45) is 0 Å². The standard InChI is InChI=1S/C12H20N2O2/c1-4-13-11-7-6-8-12(14-11)16-10(3)9-15-5-2/h6-8,10H,4-5,9H2,1-3H3,(H,13,14). The van der Waals surface area contributed by atoms with Crippen molar-refractivity contribution in [3.05, 3.63) is 18.2 Å². The highest BCUT2D eigenvalue weighted by Crippen LogP contribution is 2.12. The smallest absolute Gasteiger partial charge is 0.215 e. The number of hydrogen-bond acceptors (Lipinski definition) is 4. The minimum Gasteiger partial charge on any atom is -0.472 e. The third kappa shape index (κ3) is 4.49. The van der Waals surface area contributed by atoms with Crippen molar-refractivity contribution in [1.82, 2.24) is 4.98 Å². The van der Waals surface area contributed by atoms with E-state index in [-0.39, 0.29) is 6.10 Å². The van der Waals surface area contributed by atoms with E-state index in [1.807, 2.05) is 39.0 Å². The van der Waals surface area contributed by atoms with E-state index in [2.05, 4.69) is 10.3 Å². The highest BCUT2D eigenvalue weighted by molar-refractivity contribution is 5.36. The van der Waals surface area contributed by atoms with Crippen LogP contribution >= 0.6 is 0 Å². The normalized spacial score (nSPS) is 12.2. The molecule has 1 rings (SSSR count). The first kappa shape index (κ1) is 12.8. The van der Waals surface area contributed by atoms with Crippen molar-refractivity contribution in [3.8, 4) is 5.88 Å². The van der Waals surface area contributed by atoms with Crippen molar-refractivity contribution < 1.29 is 9.47 Å². The predicted octanol–water partition coefficient (Wildman–Crippen LogP) is 2.32. The third-order valence-corrected chi connectivity index (χ3v) is 1.96. The second-order valence-electron chi connectivity index (χ2n) is 3.48. The van der Waals surface area contributed by atoms with E-state index in [9.17, 15) is 0 Å². The topological polar surface area (TPSA) is 43.4 Å². The Morgan fingerprint density at radius 1 is 1.38 bits per heavy atom. The number of pyridine rings is 1. The molecule has 0 spiro atoms. The molecule has 0 aliphatic rings. The van der Waals surface area contributed by atoms with Crippen LogP contribution in [0.15, 0.2) is 18.2 Å². The lowest BCUT2D eigenvalue weighted by molar-refractivity contribution is 0.0634. The van der Waals surface area contributed by atoms with Gasteiger partial charge in [0.05, 0.1) is 6.61 Å². The van der Waals surface area contributed by atoms with Gasteiger partial charge in [-0.1, -0.05) is 6.07 Å². The zero-order valence-corrected chi connectivity index (χ0v) is 10.2. The Labute approximate surface area is 97.0 Å². The van der Waals surface area contributed by atoms with Gasteiger partial charge in [0, 0.05) is 19.2 Å². The van der Waals surface area contributed by atoms with Crippen molar-refractivity contribution in [2.45, 2.75) is 26.9 Å². The average molecular weight is 224 g/mol. The van der Waals surface area contributed by atoms with E-state index < -0.39 is 0 Å². The summed E-state index contributed by atoms with van der Waals surface area (Å²) in [5.41, 5.74) is 0. The first-order valence-corrected chi connectivity index (χ1v) is 5.71. The fraction of sp³-hybridized carbons (Fsp3) is 0.583. The lowest BCUT2D eigenvalue weighted by Gasteiger charge is -2.14. The van der Waals surface area contributed by atoms with Crippen LogP contribution in [0.1, 0.15) is 20.8 Å². The monoisotopic (exact) mass is 224 g/mol. The van der Waals surface area contributed by atoms with Gasteiger partial charge in [0.1, 0.15) is 11.9 Å². The van der Waals surface area contributed by atoms with Gasteiger partial charge >= 0.3 is 0 Å². The zero-order chi connectivity index (χ0) is 11.8.